The van der Waals surface area contributed by atoms with Gasteiger partial charge in [-0.25, -0.2) is 0 Å². The van der Waals surface area contributed by atoms with E-state index in [0.717, 1.165) is 5.56 Å². The minimum Gasteiger partial charge on any atom is -0.632 e. The van der Waals surface area contributed by atoms with Gasteiger partial charge in [-0.3, -0.25) is 0 Å². The van der Waals surface area contributed by atoms with Gasteiger partial charge in [-0.15, -0.1) is 6.42 Å². The molecule has 74 valence electrons. The van der Waals surface area contributed by atoms with E-state index in [1.54, 1.807) is 7.05 Å². The highest BCUT2D eigenvalue weighted by atomic mass is 16.5. The first kappa shape index (κ1) is 10.8. The number of aryl methyl sites for hydroxylation is 1. The molecule has 0 radical (unpaired) electrons. The summed E-state index contributed by atoms with van der Waals surface area (Å²) in [5.41, 5.74) is 2.23. The Labute approximate surface area is 85.3 Å². The van der Waals surface area contributed by atoms with Crippen LogP contribution in [0.2, 0.25) is 0 Å². The molecule has 0 aliphatic heterocycles. The summed E-state index contributed by atoms with van der Waals surface area (Å²) in [5.74, 6) is 2.40. The molecule has 0 aliphatic rings. The van der Waals surface area contributed by atoms with Gasteiger partial charge in [0.05, 0.1) is 7.05 Å². The van der Waals surface area contributed by atoms with Crippen LogP contribution in [0.1, 0.15) is 11.1 Å². The molecule has 0 aliphatic carbocycles. The molecule has 0 N–H and O–H groups in total. The van der Waals surface area contributed by atoms with Crippen LogP contribution in [0.5, 0.6) is 0 Å². The Hall–Kier alpha value is -1.30. The quantitative estimate of drug-likeness (QED) is 0.405. The average molecular weight is 189 g/mol. The Morgan fingerprint density at radius 3 is 2.43 bits per heavy atom. The van der Waals surface area contributed by atoms with Crippen molar-refractivity contribution >= 4 is 0 Å². The number of hydroxylamine groups is 3. The summed E-state index contributed by atoms with van der Waals surface area (Å²) in [6.07, 6.45) is 5.13. The summed E-state index contributed by atoms with van der Waals surface area (Å²) in [4.78, 5) is 0. The molecule has 1 unspecified atom stereocenters. The minimum absolute atomic E-state index is 0.216. The van der Waals surface area contributed by atoms with Gasteiger partial charge in [0, 0.05) is 5.56 Å². The van der Waals surface area contributed by atoms with Crippen LogP contribution in [0.25, 0.3) is 0 Å². The second-order valence-corrected chi connectivity index (χ2v) is 3.80. The summed E-state index contributed by atoms with van der Waals surface area (Å²) in [6, 6.07) is 7.96. The standard InChI is InChI=1S/C12H15NO/c1-4-9-13(3,14)10-12-7-5-11(2)6-8-12/h1,5-8H,9-10H2,2-3H3. The second-order valence-electron chi connectivity index (χ2n) is 3.80. The van der Waals surface area contributed by atoms with Crippen molar-refractivity contribution in [2.45, 2.75) is 13.5 Å². The van der Waals surface area contributed by atoms with Crippen molar-refractivity contribution in [3.8, 4) is 12.3 Å². The average Bonchev–Trinajstić information content (AvgIpc) is 2.08. The van der Waals surface area contributed by atoms with Gasteiger partial charge < -0.3 is 9.85 Å². The highest BCUT2D eigenvalue weighted by molar-refractivity contribution is 5.20. The fourth-order valence-electron chi connectivity index (χ4n) is 1.33. The Morgan fingerprint density at radius 1 is 1.36 bits per heavy atom. The van der Waals surface area contributed by atoms with E-state index in [4.69, 9.17) is 6.42 Å². The minimum atomic E-state index is -0.403. The number of hydrogen-bond donors (Lipinski definition) is 0. The van der Waals surface area contributed by atoms with Gasteiger partial charge in [0.25, 0.3) is 0 Å². The predicted octanol–water partition coefficient (Wildman–Crippen LogP) is 2.07. The highest BCUT2D eigenvalue weighted by Gasteiger charge is 2.08. The maximum Gasteiger partial charge on any atom is 0.140 e. The Bertz CT molecular complexity index is 332. The normalized spacial score (nSPS) is 14.4. The fourth-order valence-corrected chi connectivity index (χ4v) is 1.33. The lowest BCUT2D eigenvalue weighted by molar-refractivity contribution is -0.866. The third-order valence-corrected chi connectivity index (χ3v) is 2.06. The molecule has 14 heavy (non-hydrogen) atoms. The van der Waals surface area contributed by atoms with Crippen molar-refractivity contribution in [3.05, 3.63) is 40.6 Å². The van der Waals surface area contributed by atoms with Crippen molar-refractivity contribution in [2.75, 3.05) is 13.6 Å². The third kappa shape index (κ3) is 3.21. The lowest BCUT2D eigenvalue weighted by Crippen LogP contribution is -2.36. The molecule has 0 spiro atoms. The molecule has 0 aromatic heterocycles. The Kier molecular flexibility index (Phi) is 3.29. The topological polar surface area (TPSA) is 23.1 Å². The first-order valence-electron chi connectivity index (χ1n) is 4.58. The molecule has 0 saturated heterocycles. The van der Waals surface area contributed by atoms with Crippen molar-refractivity contribution in [2.24, 2.45) is 0 Å². The number of hydrogen-bond acceptors (Lipinski definition) is 1. The maximum absolute atomic E-state index is 11.8. The molecule has 0 bridgehead atoms. The molecular formula is C12H15NO. The van der Waals surface area contributed by atoms with Gasteiger partial charge in [0.2, 0.25) is 0 Å². The second kappa shape index (κ2) is 4.28. The van der Waals surface area contributed by atoms with Crippen LogP contribution >= 0.6 is 0 Å². The Balaban J connectivity index is 2.69. The van der Waals surface area contributed by atoms with Crippen LogP contribution in [0.4, 0.5) is 0 Å². The summed E-state index contributed by atoms with van der Waals surface area (Å²) >= 11 is 0. The van der Waals surface area contributed by atoms with Crippen molar-refractivity contribution in [1.82, 2.24) is 0 Å². The van der Waals surface area contributed by atoms with E-state index < -0.39 is 4.65 Å². The van der Waals surface area contributed by atoms with E-state index >= 15 is 0 Å². The van der Waals surface area contributed by atoms with E-state index in [-0.39, 0.29) is 6.54 Å². The van der Waals surface area contributed by atoms with Crippen molar-refractivity contribution in [3.63, 3.8) is 0 Å². The van der Waals surface area contributed by atoms with Gasteiger partial charge in [-0.05, 0) is 12.8 Å². The van der Waals surface area contributed by atoms with Gasteiger partial charge in [-0.2, -0.15) is 0 Å². The van der Waals surface area contributed by atoms with Gasteiger partial charge >= 0.3 is 0 Å². The molecule has 2 heteroatoms. The van der Waals surface area contributed by atoms with Crippen LogP contribution in [0, 0.1) is 24.5 Å². The van der Waals surface area contributed by atoms with Crippen LogP contribution in [-0.2, 0) is 6.54 Å². The molecule has 1 atom stereocenters. The summed E-state index contributed by atoms with van der Waals surface area (Å²) in [6.45, 7) is 2.68. The number of nitrogens with zero attached hydrogens (tertiary/aromatic N) is 1. The molecule has 2 nitrogen and oxygen atoms in total. The van der Waals surface area contributed by atoms with Crippen LogP contribution < -0.4 is 0 Å². The Morgan fingerprint density at radius 2 is 1.93 bits per heavy atom. The van der Waals surface area contributed by atoms with Gasteiger partial charge in [0.15, 0.2) is 0 Å². The highest BCUT2D eigenvalue weighted by Crippen LogP contribution is 2.10. The monoisotopic (exact) mass is 189 g/mol. The third-order valence-electron chi connectivity index (χ3n) is 2.06. The first-order chi connectivity index (χ1) is 6.53. The van der Waals surface area contributed by atoms with E-state index in [1.165, 1.54) is 5.56 Å². The zero-order valence-electron chi connectivity index (χ0n) is 8.66. The summed E-state index contributed by atoms with van der Waals surface area (Å²) in [5, 5.41) is 11.8. The smallest absolute Gasteiger partial charge is 0.140 e. The number of quaternary nitrogens is 1. The molecule has 1 rings (SSSR count). The summed E-state index contributed by atoms with van der Waals surface area (Å²) < 4.78 is -0.403. The van der Waals surface area contributed by atoms with Crippen LogP contribution in [-0.4, -0.2) is 18.2 Å². The molecule has 0 amide bonds. The van der Waals surface area contributed by atoms with Crippen molar-refractivity contribution in [1.29, 1.82) is 0 Å². The molecule has 1 aromatic rings. The number of terminal acetylenes is 1. The molecule has 0 heterocycles. The predicted molar refractivity (Wildman–Crippen MR) is 58.1 cm³/mol. The lowest BCUT2D eigenvalue weighted by atomic mass is 10.1. The van der Waals surface area contributed by atoms with Crippen molar-refractivity contribution < 1.29 is 4.65 Å². The molecule has 0 fully saturated rings. The zero-order valence-corrected chi connectivity index (χ0v) is 8.66. The maximum atomic E-state index is 11.8. The summed E-state index contributed by atoms with van der Waals surface area (Å²) in [7, 11) is 1.60. The largest absolute Gasteiger partial charge is 0.632 e. The molecule has 1 aromatic carbocycles. The van der Waals surface area contributed by atoms with E-state index in [9.17, 15) is 5.21 Å². The zero-order chi connectivity index (χ0) is 10.6. The van der Waals surface area contributed by atoms with E-state index in [1.807, 2.05) is 31.2 Å². The SMILES string of the molecule is C#CC[N+](C)([O-])Cc1ccc(C)cc1. The number of rotatable bonds is 3. The lowest BCUT2D eigenvalue weighted by Gasteiger charge is -2.36. The van der Waals surface area contributed by atoms with Gasteiger partial charge in [-0.1, -0.05) is 29.8 Å². The van der Waals surface area contributed by atoms with Gasteiger partial charge in [0.1, 0.15) is 13.1 Å². The molecular weight excluding hydrogens is 174 g/mol. The number of benzene rings is 1. The molecule has 0 saturated carbocycles. The van der Waals surface area contributed by atoms with E-state index in [0.29, 0.717) is 6.54 Å². The fraction of sp³-hybridized carbons (Fsp3) is 0.333. The van der Waals surface area contributed by atoms with E-state index in [2.05, 4.69) is 5.92 Å². The van der Waals surface area contributed by atoms with Crippen LogP contribution in [0.15, 0.2) is 24.3 Å². The first-order valence-corrected chi connectivity index (χ1v) is 4.58. The van der Waals surface area contributed by atoms with Crippen LogP contribution in [0.3, 0.4) is 0 Å².